The molecule has 5 heteroatoms. The molecule has 0 radical (unpaired) electrons. The molecule has 1 aromatic rings. The van der Waals surface area contributed by atoms with E-state index in [9.17, 15) is 18.3 Å². The minimum Gasteiger partial charge on any atom is -0.388 e. The molecule has 0 aliphatic rings. The maximum atomic E-state index is 11.9. The summed E-state index contributed by atoms with van der Waals surface area (Å²) in [5.41, 5.74) is 1.89. The van der Waals surface area contributed by atoms with Crippen molar-refractivity contribution in [2.45, 2.75) is 44.9 Å². The van der Waals surface area contributed by atoms with E-state index in [0.29, 0.717) is 11.5 Å². The van der Waals surface area contributed by atoms with Gasteiger partial charge in [-0.25, -0.2) is 0 Å². The van der Waals surface area contributed by atoms with Gasteiger partial charge in [-0.1, -0.05) is 38.1 Å². The van der Waals surface area contributed by atoms with E-state index < -0.39 is 18.9 Å². The number of hydrogen-bond donors (Lipinski definition) is 1. The van der Waals surface area contributed by atoms with Crippen molar-refractivity contribution in [3.05, 3.63) is 35.4 Å². The van der Waals surface area contributed by atoms with Gasteiger partial charge in [0.25, 0.3) is 0 Å². The van der Waals surface area contributed by atoms with Crippen LogP contribution < -0.4 is 0 Å². The first kappa shape index (κ1) is 17.0. The van der Waals surface area contributed by atoms with Crippen LogP contribution in [0.15, 0.2) is 24.3 Å². The fraction of sp³-hybridized carbons (Fsp3) is 0.600. The van der Waals surface area contributed by atoms with Crippen LogP contribution >= 0.6 is 0 Å². The standard InChI is InChI=1S/C15H21F3O2/c1-3-11(2)12-4-6-13(7-5-12)14(19)8-9-20-10-15(16,17)18/h4-7,11,14,19H,3,8-10H2,1-2H3. The summed E-state index contributed by atoms with van der Waals surface area (Å²) in [6, 6.07) is 7.53. The number of aliphatic hydroxyl groups is 1. The molecular formula is C15H21F3O2. The number of hydrogen-bond acceptors (Lipinski definition) is 2. The van der Waals surface area contributed by atoms with Gasteiger partial charge in [0.2, 0.25) is 0 Å². The Kier molecular flexibility index (Phi) is 6.49. The monoisotopic (exact) mass is 290 g/mol. The molecule has 20 heavy (non-hydrogen) atoms. The van der Waals surface area contributed by atoms with Crippen molar-refractivity contribution < 1.29 is 23.0 Å². The van der Waals surface area contributed by atoms with Crippen molar-refractivity contribution in [3.63, 3.8) is 0 Å². The highest BCUT2D eigenvalue weighted by Crippen LogP contribution is 2.23. The lowest BCUT2D eigenvalue weighted by atomic mass is 9.96. The number of aliphatic hydroxyl groups excluding tert-OH is 1. The second kappa shape index (κ2) is 7.64. The second-order valence-corrected chi connectivity index (χ2v) is 4.95. The van der Waals surface area contributed by atoms with Crippen molar-refractivity contribution in [2.75, 3.05) is 13.2 Å². The Morgan fingerprint density at radius 1 is 1.15 bits per heavy atom. The fourth-order valence-corrected chi connectivity index (χ4v) is 1.83. The van der Waals surface area contributed by atoms with Gasteiger partial charge in [-0.3, -0.25) is 0 Å². The molecule has 0 heterocycles. The topological polar surface area (TPSA) is 29.5 Å². The van der Waals surface area contributed by atoms with Gasteiger partial charge in [0.1, 0.15) is 6.61 Å². The maximum Gasteiger partial charge on any atom is 0.411 e. The maximum absolute atomic E-state index is 11.9. The second-order valence-electron chi connectivity index (χ2n) is 4.95. The first-order chi connectivity index (χ1) is 9.33. The van der Waals surface area contributed by atoms with Gasteiger partial charge in [0, 0.05) is 13.0 Å². The van der Waals surface area contributed by atoms with E-state index >= 15 is 0 Å². The molecule has 2 atom stereocenters. The van der Waals surface area contributed by atoms with Crippen LogP contribution in [0.2, 0.25) is 0 Å². The quantitative estimate of drug-likeness (QED) is 0.762. The Morgan fingerprint density at radius 2 is 1.70 bits per heavy atom. The Labute approximate surface area is 117 Å². The van der Waals surface area contributed by atoms with E-state index in [4.69, 9.17) is 0 Å². The van der Waals surface area contributed by atoms with Gasteiger partial charge < -0.3 is 9.84 Å². The number of halogens is 3. The average Bonchev–Trinajstić information content (AvgIpc) is 2.41. The van der Waals surface area contributed by atoms with E-state index in [2.05, 4.69) is 18.6 Å². The van der Waals surface area contributed by atoms with Crippen LogP contribution in [0.4, 0.5) is 13.2 Å². The van der Waals surface area contributed by atoms with Gasteiger partial charge in [0.15, 0.2) is 0 Å². The molecule has 0 amide bonds. The molecule has 0 aromatic heterocycles. The van der Waals surface area contributed by atoms with Gasteiger partial charge in [0.05, 0.1) is 6.10 Å². The molecule has 1 aromatic carbocycles. The van der Waals surface area contributed by atoms with E-state index in [1.54, 1.807) is 0 Å². The molecule has 0 fully saturated rings. The van der Waals surface area contributed by atoms with Crippen molar-refractivity contribution in [2.24, 2.45) is 0 Å². The number of alkyl halides is 3. The third-order valence-corrected chi connectivity index (χ3v) is 3.30. The molecule has 2 unspecified atom stereocenters. The normalized spacial score (nSPS) is 15.1. The zero-order valence-electron chi connectivity index (χ0n) is 11.8. The summed E-state index contributed by atoms with van der Waals surface area (Å²) in [7, 11) is 0. The number of ether oxygens (including phenoxy) is 1. The molecular weight excluding hydrogens is 269 g/mol. The highest BCUT2D eigenvalue weighted by Gasteiger charge is 2.27. The van der Waals surface area contributed by atoms with Crippen LogP contribution in [0.1, 0.15) is 49.8 Å². The van der Waals surface area contributed by atoms with Crippen LogP contribution in [0.5, 0.6) is 0 Å². The van der Waals surface area contributed by atoms with Crippen LogP contribution in [0.3, 0.4) is 0 Å². The highest BCUT2D eigenvalue weighted by atomic mass is 19.4. The lowest BCUT2D eigenvalue weighted by molar-refractivity contribution is -0.175. The summed E-state index contributed by atoms with van der Waals surface area (Å²) in [6.07, 6.45) is -3.93. The molecule has 1 N–H and O–H groups in total. The van der Waals surface area contributed by atoms with Gasteiger partial charge in [-0.15, -0.1) is 0 Å². The number of benzene rings is 1. The van der Waals surface area contributed by atoms with Crippen molar-refractivity contribution in [1.29, 1.82) is 0 Å². The van der Waals surface area contributed by atoms with E-state index in [0.717, 1.165) is 6.42 Å². The molecule has 1 rings (SSSR count). The summed E-state index contributed by atoms with van der Waals surface area (Å²) < 4.78 is 40.1. The first-order valence-electron chi connectivity index (χ1n) is 6.76. The Balaban J connectivity index is 2.42. The van der Waals surface area contributed by atoms with E-state index in [1.807, 2.05) is 24.3 Å². The molecule has 0 aliphatic heterocycles. The predicted molar refractivity (Wildman–Crippen MR) is 71.6 cm³/mol. The summed E-state index contributed by atoms with van der Waals surface area (Å²) >= 11 is 0. The Bertz CT molecular complexity index is 387. The fourth-order valence-electron chi connectivity index (χ4n) is 1.83. The van der Waals surface area contributed by atoms with Gasteiger partial charge in [-0.2, -0.15) is 13.2 Å². The van der Waals surface area contributed by atoms with Crippen LogP contribution in [0.25, 0.3) is 0 Å². The minimum atomic E-state index is -4.32. The Hall–Kier alpha value is -1.07. The lowest BCUT2D eigenvalue weighted by Gasteiger charge is -2.14. The predicted octanol–water partition coefficient (Wildman–Crippen LogP) is 4.20. The van der Waals surface area contributed by atoms with Crippen molar-refractivity contribution in [3.8, 4) is 0 Å². The molecule has 0 aliphatic carbocycles. The Morgan fingerprint density at radius 3 is 2.20 bits per heavy atom. The third-order valence-electron chi connectivity index (χ3n) is 3.30. The minimum absolute atomic E-state index is 0.117. The lowest BCUT2D eigenvalue weighted by Crippen LogP contribution is -2.18. The van der Waals surface area contributed by atoms with Crippen molar-refractivity contribution >= 4 is 0 Å². The van der Waals surface area contributed by atoms with Gasteiger partial charge >= 0.3 is 6.18 Å². The molecule has 0 saturated carbocycles. The van der Waals surface area contributed by atoms with Crippen molar-refractivity contribution in [1.82, 2.24) is 0 Å². The number of rotatable bonds is 7. The summed E-state index contributed by atoms with van der Waals surface area (Å²) in [5, 5.41) is 9.88. The van der Waals surface area contributed by atoms with Crippen LogP contribution in [-0.2, 0) is 4.74 Å². The molecule has 2 nitrogen and oxygen atoms in total. The van der Waals surface area contributed by atoms with Crippen LogP contribution in [0, 0.1) is 0 Å². The largest absolute Gasteiger partial charge is 0.411 e. The highest BCUT2D eigenvalue weighted by molar-refractivity contribution is 5.26. The van der Waals surface area contributed by atoms with E-state index in [1.165, 1.54) is 5.56 Å². The third kappa shape index (κ3) is 5.92. The first-order valence-corrected chi connectivity index (χ1v) is 6.76. The summed E-state index contributed by atoms with van der Waals surface area (Å²) in [6.45, 7) is 2.84. The molecule has 0 spiro atoms. The molecule has 114 valence electrons. The van der Waals surface area contributed by atoms with Gasteiger partial charge in [-0.05, 0) is 23.5 Å². The summed E-state index contributed by atoms with van der Waals surface area (Å²) in [5.74, 6) is 0.455. The zero-order chi connectivity index (χ0) is 15.2. The molecule has 0 saturated heterocycles. The zero-order valence-corrected chi connectivity index (χ0v) is 11.8. The SMILES string of the molecule is CCC(C)c1ccc(C(O)CCOCC(F)(F)F)cc1. The average molecular weight is 290 g/mol. The smallest absolute Gasteiger partial charge is 0.388 e. The summed E-state index contributed by atoms with van der Waals surface area (Å²) in [4.78, 5) is 0. The van der Waals surface area contributed by atoms with E-state index in [-0.39, 0.29) is 13.0 Å². The molecule has 0 bridgehead atoms. The van der Waals surface area contributed by atoms with Crippen LogP contribution in [-0.4, -0.2) is 24.5 Å².